The molecule has 0 unspecified atom stereocenters. The summed E-state index contributed by atoms with van der Waals surface area (Å²) in [7, 11) is 0. The number of Topliss-reactive ketones (excluding diaryl/α,β-unsaturated/α-hetero) is 1. The number of rotatable bonds is 3. The van der Waals surface area contributed by atoms with Crippen molar-refractivity contribution in [3.63, 3.8) is 0 Å². The predicted octanol–water partition coefficient (Wildman–Crippen LogP) is 2.26. The Hall–Kier alpha value is -1.53. The summed E-state index contributed by atoms with van der Waals surface area (Å²) in [6, 6.07) is 3.36. The number of hydrogen-bond acceptors (Lipinski definition) is 5. The van der Waals surface area contributed by atoms with Crippen molar-refractivity contribution in [2.24, 2.45) is 0 Å². The zero-order chi connectivity index (χ0) is 12.4. The van der Waals surface area contributed by atoms with E-state index in [0.717, 1.165) is 11.7 Å². The number of halogens is 1. The minimum atomic E-state index is -0.403. The average Bonchev–Trinajstić information content (AvgIpc) is 2.69. The first kappa shape index (κ1) is 11.9. The fourth-order valence-electron chi connectivity index (χ4n) is 1.36. The molecule has 2 aromatic rings. The van der Waals surface area contributed by atoms with E-state index >= 15 is 0 Å². The molecule has 0 aliphatic carbocycles. The van der Waals surface area contributed by atoms with Crippen LogP contribution in [0.2, 0.25) is 5.02 Å². The molecule has 1 aromatic heterocycles. The lowest BCUT2D eigenvalue weighted by atomic mass is 10.2. The quantitative estimate of drug-likeness (QED) is 0.868. The largest absolute Gasteiger partial charge is 0.323 e. The summed E-state index contributed by atoms with van der Waals surface area (Å²) in [6.07, 6.45) is -0.176. The number of benzene rings is 1. The van der Waals surface area contributed by atoms with Crippen molar-refractivity contribution >= 4 is 51.7 Å². The maximum atomic E-state index is 11.5. The number of hydrogen-bond donors (Lipinski definition) is 1. The molecule has 0 saturated carbocycles. The number of nitrogens with one attached hydrogen (secondary N) is 1. The van der Waals surface area contributed by atoms with Gasteiger partial charge in [0.1, 0.15) is 16.8 Å². The molecule has 5 nitrogen and oxygen atoms in total. The van der Waals surface area contributed by atoms with E-state index < -0.39 is 5.91 Å². The van der Waals surface area contributed by atoms with Gasteiger partial charge in [-0.1, -0.05) is 11.6 Å². The third kappa shape index (κ3) is 2.59. The SMILES string of the molecule is CC(=O)CC(=O)Nc1c(Cl)ccc2nsnc12. The van der Waals surface area contributed by atoms with Crippen molar-refractivity contribution < 1.29 is 9.59 Å². The molecule has 0 saturated heterocycles. The van der Waals surface area contributed by atoms with Crippen LogP contribution in [0.3, 0.4) is 0 Å². The van der Waals surface area contributed by atoms with Gasteiger partial charge in [0.05, 0.1) is 28.9 Å². The van der Waals surface area contributed by atoms with Crippen LogP contribution in [-0.2, 0) is 9.59 Å². The predicted molar refractivity (Wildman–Crippen MR) is 66.4 cm³/mol. The van der Waals surface area contributed by atoms with Crippen molar-refractivity contribution in [3.05, 3.63) is 17.2 Å². The average molecular weight is 270 g/mol. The maximum Gasteiger partial charge on any atom is 0.231 e. The van der Waals surface area contributed by atoms with E-state index in [9.17, 15) is 9.59 Å². The molecule has 1 amide bonds. The molecule has 0 fully saturated rings. The molecule has 1 aromatic carbocycles. The molecule has 1 heterocycles. The summed E-state index contributed by atoms with van der Waals surface area (Å²) in [5.41, 5.74) is 1.61. The first-order valence-electron chi connectivity index (χ1n) is 4.78. The van der Waals surface area contributed by atoms with E-state index in [2.05, 4.69) is 14.1 Å². The van der Waals surface area contributed by atoms with Crippen LogP contribution in [0.25, 0.3) is 11.0 Å². The Balaban J connectivity index is 2.34. The van der Waals surface area contributed by atoms with Crippen molar-refractivity contribution in [2.45, 2.75) is 13.3 Å². The minimum absolute atomic E-state index is 0.176. The Labute approximate surface area is 106 Å². The van der Waals surface area contributed by atoms with Crippen LogP contribution in [0.4, 0.5) is 5.69 Å². The highest BCUT2D eigenvalue weighted by Gasteiger charge is 2.13. The first-order valence-corrected chi connectivity index (χ1v) is 5.89. The third-order valence-corrected chi connectivity index (χ3v) is 2.91. The van der Waals surface area contributed by atoms with Crippen LogP contribution in [-0.4, -0.2) is 20.4 Å². The summed E-state index contributed by atoms with van der Waals surface area (Å²) in [6.45, 7) is 1.35. The molecule has 17 heavy (non-hydrogen) atoms. The summed E-state index contributed by atoms with van der Waals surface area (Å²) < 4.78 is 8.10. The zero-order valence-corrected chi connectivity index (χ0v) is 10.4. The molecule has 1 N–H and O–H groups in total. The van der Waals surface area contributed by atoms with E-state index in [1.165, 1.54) is 6.92 Å². The van der Waals surface area contributed by atoms with E-state index in [4.69, 9.17) is 11.6 Å². The lowest BCUT2D eigenvalue weighted by Crippen LogP contribution is -2.15. The first-order chi connectivity index (χ1) is 8.08. The van der Waals surface area contributed by atoms with Gasteiger partial charge < -0.3 is 5.32 Å². The van der Waals surface area contributed by atoms with Crippen molar-refractivity contribution in [3.8, 4) is 0 Å². The van der Waals surface area contributed by atoms with Gasteiger partial charge in [-0.3, -0.25) is 9.59 Å². The number of nitrogens with zero attached hydrogens (tertiary/aromatic N) is 2. The lowest BCUT2D eigenvalue weighted by molar-refractivity contribution is -0.124. The second-order valence-corrected chi connectivity index (χ2v) is 4.42. The monoisotopic (exact) mass is 269 g/mol. The zero-order valence-electron chi connectivity index (χ0n) is 8.86. The molecular formula is C10H8ClN3O2S. The Morgan fingerprint density at radius 1 is 1.41 bits per heavy atom. The highest BCUT2D eigenvalue weighted by molar-refractivity contribution is 7.00. The Bertz CT molecular complexity index is 596. The molecule has 88 valence electrons. The molecule has 0 spiro atoms. The van der Waals surface area contributed by atoms with E-state index in [1.54, 1.807) is 12.1 Å². The van der Waals surface area contributed by atoms with Crippen LogP contribution in [0.15, 0.2) is 12.1 Å². The molecule has 0 aliphatic heterocycles. The minimum Gasteiger partial charge on any atom is -0.323 e. The standard InChI is InChI=1S/C10H8ClN3O2S/c1-5(15)4-8(16)12-9-6(11)2-3-7-10(9)14-17-13-7/h2-3H,4H2,1H3,(H,12,16). The van der Waals surface area contributed by atoms with Crippen LogP contribution in [0, 0.1) is 0 Å². The van der Waals surface area contributed by atoms with Crippen molar-refractivity contribution in [2.75, 3.05) is 5.32 Å². The smallest absolute Gasteiger partial charge is 0.231 e. The lowest BCUT2D eigenvalue weighted by Gasteiger charge is -2.06. The molecular weight excluding hydrogens is 262 g/mol. The van der Waals surface area contributed by atoms with E-state index in [1.807, 2.05) is 0 Å². The summed E-state index contributed by atoms with van der Waals surface area (Å²) in [4.78, 5) is 22.3. The molecule has 0 bridgehead atoms. The van der Waals surface area contributed by atoms with Crippen LogP contribution >= 0.6 is 23.3 Å². The van der Waals surface area contributed by atoms with E-state index in [-0.39, 0.29) is 12.2 Å². The Morgan fingerprint density at radius 2 is 2.18 bits per heavy atom. The van der Waals surface area contributed by atoms with Gasteiger partial charge in [0.25, 0.3) is 0 Å². The number of carbonyl (C=O) groups excluding carboxylic acids is 2. The number of carbonyl (C=O) groups is 2. The van der Waals surface area contributed by atoms with Gasteiger partial charge in [-0.25, -0.2) is 0 Å². The Kier molecular flexibility index (Phi) is 3.35. The van der Waals surface area contributed by atoms with Gasteiger partial charge in [-0.15, -0.1) is 0 Å². The van der Waals surface area contributed by atoms with Gasteiger partial charge >= 0.3 is 0 Å². The number of anilines is 1. The second-order valence-electron chi connectivity index (χ2n) is 3.48. The molecule has 0 aliphatic rings. The molecule has 7 heteroatoms. The van der Waals surface area contributed by atoms with Crippen LogP contribution in [0.1, 0.15) is 13.3 Å². The number of ketones is 1. The Morgan fingerprint density at radius 3 is 2.88 bits per heavy atom. The maximum absolute atomic E-state index is 11.5. The van der Waals surface area contributed by atoms with Crippen molar-refractivity contribution in [1.29, 1.82) is 0 Å². The van der Waals surface area contributed by atoms with Crippen LogP contribution < -0.4 is 5.32 Å². The van der Waals surface area contributed by atoms with Crippen molar-refractivity contribution in [1.82, 2.24) is 8.75 Å². The normalized spacial score (nSPS) is 10.5. The highest BCUT2D eigenvalue weighted by atomic mass is 35.5. The summed E-state index contributed by atoms with van der Waals surface area (Å²) in [5, 5.41) is 2.96. The van der Waals surface area contributed by atoms with Gasteiger partial charge in [0, 0.05) is 0 Å². The molecule has 2 rings (SSSR count). The summed E-state index contributed by atoms with van der Waals surface area (Å²) >= 11 is 7.02. The van der Waals surface area contributed by atoms with E-state index in [0.29, 0.717) is 21.7 Å². The highest BCUT2D eigenvalue weighted by Crippen LogP contribution is 2.29. The summed E-state index contributed by atoms with van der Waals surface area (Å²) in [5.74, 6) is -0.609. The fourth-order valence-corrected chi connectivity index (χ4v) is 2.10. The van der Waals surface area contributed by atoms with Gasteiger partial charge in [-0.2, -0.15) is 8.75 Å². The van der Waals surface area contributed by atoms with Gasteiger partial charge in [0.15, 0.2) is 0 Å². The third-order valence-electron chi connectivity index (χ3n) is 2.05. The number of fused-ring (bicyclic) bond motifs is 1. The molecule has 0 radical (unpaired) electrons. The van der Waals surface area contributed by atoms with Crippen LogP contribution in [0.5, 0.6) is 0 Å². The molecule has 0 atom stereocenters. The number of amides is 1. The second kappa shape index (κ2) is 4.77. The topological polar surface area (TPSA) is 72.0 Å². The van der Waals surface area contributed by atoms with Gasteiger partial charge in [-0.05, 0) is 19.1 Å². The van der Waals surface area contributed by atoms with Gasteiger partial charge in [0.2, 0.25) is 5.91 Å². The fraction of sp³-hybridized carbons (Fsp3) is 0.200. The number of aromatic nitrogens is 2.